The van der Waals surface area contributed by atoms with Gasteiger partial charge in [0, 0.05) is 18.9 Å². The molecule has 0 fully saturated rings. The normalized spacial score (nSPS) is 12.1. The number of carbonyl (C=O) groups is 1. The summed E-state index contributed by atoms with van der Waals surface area (Å²) in [5.74, 6) is 0.0471. The average Bonchev–Trinajstić information content (AvgIpc) is 2.30. The molecule has 0 spiro atoms. The van der Waals surface area contributed by atoms with Crippen LogP contribution in [-0.4, -0.2) is 27.7 Å². The number of unbranched alkanes of at least 4 members (excludes halogenated alkanes) is 1. The number of nitrogens with zero attached hydrogens (tertiary/aromatic N) is 2. The Morgan fingerprint density at radius 1 is 1.50 bits per heavy atom. The van der Waals surface area contributed by atoms with E-state index in [-0.39, 0.29) is 11.2 Å². The second-order valence-corrected chi connectivity index (χ2v) is 4.74. The Morgan fingerprint density at radius 2 is 2.19 bits per heavy atom. The minimum atomic E-state index is -0.153. The van der Waals surface area contributed by atoms with Crippen LogP contribution in [0, 0.1) is 0 Å². The maximum atomic E-state index is 11.6. The molecule has 0 saturated heterocycles. The van der Waals surface area contributed by atoms with E-state index in [1.54, 1.807) is 18.5 Å². The van der Waals surface area contributed by atoms with Crippen molar-refractivity contribution in [3.63, 3.8) is 0 Å². The smallest absolute Gasteiger partial charge is 0.233 e. The van der Waals surface area contributed by atoms with Gasteiger partial charge in [0.05, 0.1) is 5.25 Å². The van der Waals surface area contributed by atoms with Gasteiger partial charge in [0.1, 0.15) is 0 Å². The van der Waals surface area contributed by atoms with E-state index in [0.29, 0.717) is 5.16 Å². The summed E-state index contributed by atoms with van der Waals surface area (Å²) in [6, 6.07) is 1.76. The summed E-state index contributed by atoms with van der Waals surface area (Å²) in [6.45, 7) is 4.71. The molecule has 1 rings (SSSR count). The summed E-state index contributed by atoms with van der Waals surface area (Å²) in [4.78, 5) is 19.8. The third-order valence-electron chi connectivity index (χ3n) is 2.02. The fourth-order valence-corrected chi connectivity index (χ4v) is 1.84. The molecule has 88 valence electrons. The third-order valence-corrected chi connectivity index (χ3v) is 3.01. The summed E-state index contributed by atoms with van der Waals surface area (Å²) >= 11 is 1.38. The molecular formula is C11H17N3OS. The molecule has 0 bridgehead atoms. The highest BCUT2D eigenvalue weighted by molar-refractivity contribution is 8.00. The van der Waals surface area contributed by atoms with Gasteiger partial charge in [-0.15, -0.1) is 0 Å². The monoisotopic (exact) mass is 239 g/mol. The largest absolute Gasteiger partial charge is 0.355 e. The van der Waals surface area contributed by atoms with Crippen LogP contribution in [0.2, 0.25) is 0 Å². The summed E-state index contributed by atoms with van der Waals surface area (Å²) in [6.07, 6.45) is 5.46. The third kappa shape index (κ3) is 4.61. The van der Waals surface area contributed by atoms with Crippen molar-refractivity contribution in [2.75, 3.05) is 6.54 Å². The number of rotatable bonds is 6. The second kappa shape index (κ2) is 7.22. The Balaban J connectivity index is 2.34. The van der Waals surface area contributed by atoms with Gasteiger partial charge in [-0.25, -0.2) is 9.97 Å². The van der Waals surface area contributed by atoms with Gasteiger partial charge < -0.3 is 5.32 Å². The molecule has 0 saturated carbocycles. The van der Waals surface area contributed by atoms with Crippen LogP contribution in [0.5, 0.6) is 0 Å². The molecule has 0 aliphatic rings. The van der Waals surface area contributed by atoms with E-state index in [4.69, 9.17) is 0 Å². The van der Waals surface area contributed by atoms with Crippen molar-refractivity contribution < 1.29 is 4.79 Å². The van der Waals surface area contributed by atoms with Crippen molar-refractivity contribution in [3.05, 3.63) is 18.5 Å². The molecule has 0 aliphatic carbocycles. The molecule has 16 heavy (non-hydrogen) atoms. The van der Waals surface area contributed by atoms with Crippen LogP contribution in [0.4, 0.5) is 0 Å². The molecule has 1 unspecified atom stereocenters. The van der Waals surface area contributed by atoms with E-state index >= 15 is 0 Å². The number of thioether (sulfide) groups is 1. The van der Waals surface area contributed by atoms with Crippen LogP contribution < -0.4 is 5.32 Å². The van der Waals surface area contributed by atoms with Crippen molar-refractivity contribution in [2.45, 2.75) is 37.1 Å². The molecule has 1 heterocycles. The first-order valence-corrected chi connectivity index (χ1v) is 6.33. The average molecular weight is 239 g/mol. The van der Waals surface area contributed by atoms with Crippen molar-refractivity contribution in [1.82, 2.24) is 15.3 Å². The van der Waals surface area contributed by atoms with Crippen LogP contribution in [0.25, 0.3) is 0 Å². The number of amides is 1. The summed E-state index contributed by atoms with van der Waals surface area (Å²) in [5.41, 5.74) is 0. The first kappa shape index (κ1) is 13.0. The SMILES string of the molecule is CCCCNC(=O)C(C)Sc1ncccn1. The Morgan fingerprint density at radius 3 is 2.81 bits per heavy atom. The topological polar surface area (TPSA) is 54.9 Å². The van der Waals surface area contributed by atoms with Crippen LogP contribution >= 0.6 is 11.8 Å². The van der Waals surface area contributed by atoms with Gasteiger partial charge >= 0.3 is 0 Å². The Labute approximate surface area is 100 Å². The summed E-state index contributed by atoms with van der Waals surface area (Å²) in [5, 5.41) is 3.37. The first-order chi connectivity index (χ1) is 7.74. The van der Waals surface area contributed by atoms with Gasteiger partial charge in [0.25, 0.3) is 0 Å². The zero-order valence-electron chi connectivity index (χ0n) is 9.64. The van der Waals surface area contributed by atoms with Gasteiger partial charge in [0.2, 0.25) is 5.91 Å². The van der Waals surface area contributed by atoms with Crippen molar-refractivity contribution in [2.24, 2.45) is 0 Å². The molecule has 5 heteroatoms. The van der Waals surface area contributed by atoms with E-state index in [2.05, 4.69) is 22.2 Å². The molecule has 0 aromatic carbocycles. The van der Waals surface area contributed by atoms with E-state index < -0.39 is 0 Å². The first-order valence-electron chi connectivity index (χ1n) is 5.45. The predicted molar refractivity (Wildman–Crippen MR) is 65.3 cm³/mol. The summed E-state index contributed by atoms with van der Waals surface area (Å²) in [7, 11) is 0. The molecule has 1 amide bonds. The second-order valence-electron chi connectivity index (χ2n) is 3.44. The van der Waals surface area contributed by atoms with Crippen LogP contribution in [-0.2, 0) is 4.79 Å². The van der Waals surface area contributed by atoms with Gasteiger partial charge in [-0.05, 0) is 19.4 Å². The summed E-state index contributed by atoms with van der Waals surface area (Å²) < 4.78 is 0. The number of nitrogens with one attached hydrogen (secondary N) is 1. The maximum Gasteiger partial charge on any atom is 0.233 e. The lowest BCUT2D eigenvalue weighted by Gasteiger charge is -2.10. The van der Waals surface area contributed by atoms with Crippen LogP contribution in [0.15, 0.2) is 23.6 Å². The van der Waals surface area contributed by atoms with Crippen molar-refractivity contribution in [3.8, 4) is 0 Å². The highest BCUT2D eigenvalue weighted by atomic mass is 32.2. The zero-order chi connectivity index (χ0) is 11.8. The molecule has 4 nitrogen and oxygen atoms in total. The van der Waals surface area contributed by atoms with Crippen molar-refractivity contribution >= 4 is 17.7 Å². The maximum absolute atomic E-state index is 11.6. The molecule has 0 radical (unpaired) electrons. The number of hydrogen-bond donors (Lipinski definition) is 1. The fourth-order valence-electron chi connectivity index (χ4n) is 1.09. The van der Waals surface area contributed by atoms with E-state index in [1.165, 1.54) is 11.8 Å². The van der Waals surface area contributed by atoms with E-state index in [1.807, 2.05) is 6.92 Å². The highest BCUT2D eigenvalue weighted by Gasteiger charge is 2.14. The number of hydrogen-bond acceptors (Lipinski definition) is 4. The minimum Gasteiger partial charge on any atom is -0.355 e. The van der Waals surface area contributed by atoms with Gasteiger partial charge in [-0.1, -0.05) is 25.1 Å². The molecule has 1 atom stereocenters. The molecule has 1 N–H and O–H groups in total. The Kier molecular flexibility index (Phi) is 5.85. The lowest BCUT2D eigenvalue weighted by Crippen LogP contribution is -2.31. The van der Waals surface area contributed by atoms with Crippen molar-refractivity contribution in [1.29, 1.82) is 0 Å². The predicted octanol–water partition coefficient (Wildman–Crippen LogP) is 1.87. The lowest BCUT2D eigenvalue weighted by molar-refractivity contribution is -0.120. The zero-order valence-corrected chi connectivity index (χ0v) is 10.5. The minimum absolute atomic E-state index is 0.0471. The van der Waals surface area contributed by atoms with Gasteiger partial charge in [-0.3, -0.25) is 4.79 Å². The number of carbonyl (C=O) groups excluding carboxylic acids is 1. The highest BCUT2D eigenvalue weighted by Crippen LogP contribution is 2.17. The standard InChI is InChI=1S/C11H17N3OS/c1-3-4-6-12-10(15)9(2)16-11-13-7-5-8-14-11/h5,7-9H,3-4,6H2,1-2H3,(H,12,15). The van der Waals surface area contributed by atoms with Gasteiger partial charge in [-0.2, -0.15) is 0 Å². The Hall–Kier alpha value is -1.10. The lowest BCUT2D eigenvalue weighted by atomic mass is 10.3. The molecular weight excluding hydrogens is 222 g/mol. The van der Waals surface area contributed by atoms with Gasteiger partial charge in [0.15, 0.2) is 5.16 Å². The van der Waals surface area contributed by atoms with E-state index in [9.17, 15) is 4.79 Å². The molecule has 1 aromatic rings. The van der Waals surface area contributed by atoms with Crippen LogP contribution in [0.3, 0.4) is 0 Å². The fraction of sp³-hybridized carbons (Fsp3) is 0.545. The van der Waals surface area contributed by atoms with Crippen LogP contribution in [0.1, 0.15) is 26.7 Å². The Bertz CT molecular complexity index is 318. The molecule has 0 aliphatic heterocycles. The quantitative estimate of drug-likeness (QED) is 0.468. The van der Waals surface area contributed by atoms with E-state index in [0.717, 1.165) is 19.4 Å². The number of aromatic nitrogens is 2. The molecule has 1 aromatic heterocycles.